The number of aromatic nitrogens is 3. The first kappa shape index (κ1) is 14.8. The van der Waals surface area contributed by atoms with Gasteiger partial charge in [0.2, 0.25) is 17.2 Å². The van der Waals surface area contributed by atoms with Crippen molar-refractivity contribution in [3.05, 3.63) is 5.28 Å². The van der Waals surface area contributed by atoms with Crippen LogP contribution >= 0.6 is 11.6 Å². The van der Waals surface area contributed by atoms with Gasteiger partial charge in [0.25, 0.3) is 0 Å². The Morgan fingerprint density at radius 3 is 2.81 bits per heavy atom. The number of hydrogen-bond acceptors (Lipinski definition) is 6. The van der Waals surface area contributed by atoms with Gasteiger partial charge in [0.1, 0.15) is 0 Å². The van der Waals surface area contributed by atoms with Gasteiger partial charge >= 0.3 is 0 Å². The van der Waals surface area contributed by atoms with Crippen LogP contribution in [0.25, 0.3) is 0 Å². The van der Waals surface area contributed by atoms with Crippen LogP contribution in [0.3, 0.4) is 0 Å². The maximum Gasteiger partial charge on any atom is 0.231 e. The summed E-state index contributed by atoms with van der Waals surface area (Å²) in [5.41, 5.74) is 0. The van der Waals surface area contributed by atoms with Gasteiger partial charge in [-0.05, 0) is 49.6 Å². The molecule has 0 radical (unpaired) electrons. The summed E-state index contributed by atoms with van der Waals surface area (Å²) in [4.78, 5) is 15.1. The lowest BCUT2D eigenvalue weighted by Crippen LogP contribution is -2.31. The molecule has 2 saturated heterocycles. The van der Waals surface area contributed by atoms with Crippen molar-refractivity contribution < 1.29 is 4.74 Å². The first-order chi connectivity index (χ1) is 10.3. The van der Waals surface area contributed by atoms with Crippen LogP contribution < -0.4 is 10.2 Å². The Labute approximate surface area is 130 Å². The smallest absolute Gasteiger partial charge is 0.231 e. The highest BCUT2D eigenvalue weighted by Gasteiger charge is 2.17. The SMILES string of the molecule is Clc1nc(NCCC2CCOC2)nc(N2CCCCC2)n1. The van der Waals surface area contributed by atoms with E-state index in [4.69, 9.17) is 16.3 Å². The van der Waals surface area contributed by atoms with Crippen molar-refractivity contribution >= 4 is 23.5 Å². The molecular weight excluding hydrogens is 290 g/mol. The summed E-state index contributed by atoms with van der Waals surface area (Å²) in [6.07, 6.45) is 5.88. The largest absolute Gasteiger partial charge is 0.381 e. The number of nitrogens with one attached hydrogen (secondary N) is 1. The highest BCUT2D eigenvalue weighted by molar-refractivity contribution is 6.28. The minimum atomic E-state index is 0.261. The number of halogens is 1. The van der Waals surface area contributed by atoms with E-state index in [1.807, 2.05) is 0 Å². The van der Waals surface area contributed by atoms with Crippen LogP contribution in [-0.4, -0.2) is 47.8 Å². The molecule has 0 aliphatic carbocycles. The third kappa shape index (κ3) is 4.17. The van der Waals surface area contributed by atoms with Crippen LogP contribution in [0.1, 0.15) is 32.1 Å². The van der Waals surface area contributed by atoms with Crippen LogP contribution in [0.15, 0.2) is 0 Å². The quantitative estimate of drug-likeness (QED) is 0.900. The average Bonchev–Trinajstić information content (AvgIpc) is 3.01. The molecule has 2 aliphatic heterocycles. The maximum atomic E-state index is 6.03. The van der Waals surface area contributed by atoms with E-state index in [-0.39, 0.29) is 5.28 Å². The summed E-state index contributed by atoms with van der Waals surface area (Å²) in [6.45, 7) is 4.60. The Morgan fingerprint density at radius 1 is 1.19 bits per heavy atom. The molecule has 0 amide bonds. The summed E-state index contributed by atoms with van der Waals surface area (Å²) in [5, 5.41) is 3.52. The zero-order chi connectivity index (χ0) is 14.5. The van der Waals surface area contributed by atoms with Gasteiger partial charge in [0.05, 0.1) is 0 Å². The summed E-state index contributed by atoms with van der Waals surface area (Å²) in [7, 11) is 0. The molecule has 0 saturated carbocycles. The molecule has 2 aliphatic rings. The third-order valence-corrected chi connectivity index (χ3v) is 4.26. The highest BCUT2D eigenvalue weighted by Crippen LogP contribution is 2.19. The van der Waals surface area contributed by atoms with Crippen LogP contribution in [0.4, 0.5) is 11.9 Å². The Balaban J connectivity index is 1.57. The van der Waals surface area contributed by atoms with E-state index in [1.54, 1.807) is 0 Å². The number of anilines is 2. The monoisotopic (exact) mass is 311 g/mol. The molecule has 1 N–H and O–H groups in total. The lowest BCUT2D eigenvalue weighted by molar-refractivity contribution is 0.185. The van der Waals surface area contributed by atoms with E-state index in [9.17, 15) is 0 Å². The number of rotatable bonds is 5. The normalized spacial score (nSPS) is 22.5. The van der Waals surface area contributed by atoms with E-state index in [0.717, 1.165) is 45.7 Å². The Bertz CT molecular complexity index is 461. The molecule has 3 rings (SSSR count). The van der Waals surface area contributed by atoms with Crippen LogP contribution in [0, 0.1) is 5.92 Å². The van der Waals surface area contributed by atoms with Gasteiger partial charge in [0, 0.05) is 32.8 Å². The van der Waals surface area contributed by atoms with Crippen molar-refractivity contribution in [3.63, 3.8) is 0 Å². The summed E-state index contributed by atoms with van der Waals surface area (Å²) >= 11 is 6.03. The van der Waals surface area contributed by atoms with Gasteiger partial charge in [-0.15, -0.1) is 0 Å². The molecule has 1 aromatic rings. The first-order valence-corrected chi connectivity index (χ1v) is 8.17. The summed E-state index contributed by atoms with van der Waals surface area (Å²) in [5.74, 6) is 1.92. The second-order valence-corrected chi connectivity index (χ2v) is 6.06. The topological polar surface area (TPSA) is 63.2 Å². The third-order valence-electron chi connectivity index (χ3n) is 4.09. The van der Waals surface area contributed by atoms with E-state index >= 15 is 0 Å². The van der Waals surface area contributed by atoms with Crippen LogP contribution in [-0.2, 0) is 4.74 Å². The highest BCUT2D eigenvalue weighted by atomic mass is 35.5. The molecule has 0 aromatic carbocycles. The molecule has 21 heavy (non-hydrogen) atoms. The minimum absolute atomic E-state index is 0.261. The Morgan fingerprint density at radius 2 is 2.05 bits per heavy atom. The second-order valence-electron chi connectivity index (χ2n) is 5.72. The fourth-order valence-electron chi connectivity index (χ4n) is 2.85. The lowest BCUT2D eigenvalue weighted by atomic mass is 10.1. The predicted octanol–water partition coefficient (Wildman–Crippen LogP) is 2.35. The van der Waals surface area contributed by atoms with Crippen molar-refractivity contribution in [2.24, 2.45) is 5.92 Å². The minimum Gasteiger partial charge on any atom is -0.381 e. The van der Waals surface area contributed by atoms with Gasteiger partial charge in [-0.1, -0.05) is 0 Å². The molecule has 6 nitrogen and oxygen atoms in total. The van der Waals surface area contributed by atoms with Crippen LogP contribution in [0.2, 0.25) is 5.28 Å². The van der Waals surface area contributed by atoms with Gasteiger partial charge in [0.15, 0.2) is 0 Å². The van der Waals surface area contributed by atoms with Crippen molar-refractivity contribution in [3.8, 4) is 0 Å². The maximum absolute atomic E-state index is 6.03. The summed E-state index contributed by atoms with van der Waals surface area (Å²) in [6, 6.07) is 0. The Hall–Kier alpha value is -1.14. The van der Waals surface area contributed by atoms with Crippen molar-refractivity contribution in [1.29, 1.82) is 0 Å². The predicted molar refractivity (Wildman–Crippen MR) is 82.9 cm³/mol. The van der Waals surface area contributed by atoms with Gasteiger partial charge in [-0.2, -0.15) is 15.0 Å². The fraction of sp³-hybridized carbons (Fsp3) is 0.786. The molecule has 0 spiro atoms. The van der Waals surface area contributed by atoms with Gasteiger partial charge < -0.3 is 15.0 Å². The zero-order valence-corrected chi connectivity index (χ0v) is 13.0. The molecule has 0 bridgehead atoms. The van der Waals surface area contributed by atoms with Gasteiger partial charge in [-0.3, -0.25) is 0 Å². The molecule has 2 fully saturated rings. The standard InChI is InChI=1S/C14H22ClN5O/c15-12-17-13(16-6-4-11-5-9-21-10-11)19-14(18-12)20-7-2-1-3-8-20/h11H,1-10H2,(H,16,17,18,19). The van der Waals surface area contributed by atoms with Crippen molar-refractivity contribution in [2.75, 3.05) is 43.1 Å². The number of piperidine rings is 1. The molecule has 7 heteroatoms. The van der Waals surface area contributed by atoms with E-state index in [0.29, 0.717) is 17.8 Å². The van der Waals surface area contributed by atoms with E-state index in [1.165, 1.54) is 19.3 Å². The molecule has 1 atom stereocenters. The van der Waals surface area contributed by atoms with E-state index < -0.39 is 0 Å². The molecular formula is C14H22ClN5O. The number of hydrogen-bond donors (Lipinski definition) is 1. The molecule has 116 valence electrons. The fourth-order valence-corrected chi connectivity index (χ4v) is 3.01. The Kier molecular flexibility index (Phi) is 5.08. The number of ether oxygens (including phenoxy) is 1. The molecule has 1 aromatic heterocycles. The lowest BCUT2D eigenvalue weighted by Gasteiger charge is -2.26. The molecule has 1 unspecified atom stereocenters. The van der Waals surface area contributed by atoms with E-state index in [2.05, 4.69) is 25.2 Å². The number of nitrogens with zero attached hydrogens (tertiary/aromatic N) is 4. The van der Waals surface area contributed by atoms with Gasteiger partial charge in [-0.25, -0.2) is 0 Å². The second kappa shape index (κ2) is 7.22. The first-order valence-electron chi connectivity index (χ1n) is 7.79. The molecule has 3 heterocycles. The van der Waals surface area contributed by atoms with Crippen molar-refractivity contribution in [1.82, 2.24) is 15.0 Å². The average molecular weight is 312 g/mol. The van der Waals surface area contributed by atoms with Crippen LogP contribution in [0.5, 0.6) is 0 Å². The zero-order valence-electron chi connectivity index (χ0n) is 12.2. The van der Waals surface area contributed by atoms with Crippen molar-refractivity contribution in [2.45, 2.75) is 32.1 Å². The summed E-state index contributed by atoms with van der Waals surface area (Å²) < 4.78 is 5.38.